The Labute approximate surface area is 177 Å². The van der Waals surface area contributed by atoms with Gasteiger partial charge in [0.25, 0.3) is 5.91 Å². The van der Waals surface area contributed by atoms with E-state index in [9.17, 15) is 10.1 Å². The lowest BCUT2D eigenvalue weighted by Gasteiger charge is -2.38. The normalized spacial score (nSPS) is 16.3. The number of carbonyl (C=O) groups is 1. The van der Waals surface area contributed by atoms with E-state index in [-0.39, 0.29) is 23.8 Å². The Morgan fingerprint density at radius 3 is 2.24 bits per heavy atom. The van der Waals surface area contributed by atoms with Gasteiger partial charge in [-0.2, -0.15) is 10.4 Å². The first-order valence-electron chi connectivity index (χ1n) is 10.1. The predicted molar refractivity (Wildman–Crippen MR) is 114 cm³/mol. The number of aromatic nitrogens is 2. The van der Waals surface area contributed by atoms with Crippen molar-refractivity contribution in [3.8, 4) is 11.8 Å². The Bertz CT molecular complexity index is 889. The zero-order chi connectivity index (χ0) is 21.1. The highest BCUT2D eigenvalue weighted by atomic mass is 35.5. The monoisotopic (exact) mass is 413 g/mol. The first-order valence-corrected chi connectivity index (χ1v) is 10.5. The van der Waals surface area contributed by atoms with Crippen LogP contribution in [0.25, 0.3) is 5.69 Å². The van der Waals surface area contributed by atoms with Gasteiger partial charge in [-0.3, -0.25) is 9.69 Å². The predicted octanol–water partition coefficient (Wildman–Crippen LogP) is 3.96. The molecule has 154 valence electrons. The van der Waals surface area contributed by atoms with E-state index in [2.05, 4.69) is 43.8 Å². The molecule has 1 fully saturated rings. The maximum absolute atomic E-state index is 13.3. The molecule has 1 amide bonds. The molecule has 1 atom stereocenters. The number of amides is 1. The standard InChI is InChI=1S/C22H28ClN5O/c1-15(2)20(13-24)26-9-11-27(12-10-26)22(29)19-14-25-28(21(19)16(3)4)18-7-5-17(23)6-8-18/h5-8,14-16,20H,9-12H2,1-4H3. The summed E-state index contributed by atoms with van der Waals surface area (Å²) in [5.74, 6) is 0.413. The number of benzene rings is 1. The molecule has 29 heavy (non-hydrogen) atoms. The molecular formula is C22H28ClN5O. The molecule has 1 aromatic carbocycles. The fourth-order valence-corrected chi connectivity index (χ4v) is 4.02. The van der Waals surface area contributed by atoms with Crippen LogP contribution in [0.2, 0.25) is 5.02 Å². The van der Waals surface area contributed by atoms with Crippen LogP contribution in [0.15, 0.2) is 30.5 Å². The van der Waals surface area contributed by atoms with Crippen molar-refractivity contribution in [2.45, 2.75) is 39.7 Å². The molecule has 2 aromatic rings. The van der Waals surface area contributed by atoms with E-state index >= 15 is 0 Å². The van der Waals surface area contributed by atoms with Crippen LogP contribution >= 0.6 is 11.6 Å². The van der Waals surface area contributed by atoms with E-state index in [0.717, 1.165) is 11.4 Å². The number of nitriles is 1. The van der Waals surface area contributed by atoms with Crippen molar-refractivity contribution >= 4 is 17.5 Å². The average molecular weight is 414 g/mol. The van der Waals surface area contributed by atoms with Gasteiger partial charge in [0.1, 0.15) is 6.04 Å². The quantitative estimate of drug-likeness (QED) is 0.744. The third kappa shape index (κ3) is 4.47. The van der Waals surface area contributed by atoms with Crippen molar-refractivity contribution in [3.63, 3.8) is 0 Å². The van der Waals surface area contributed by atoms with Crippen LogP contribution in [-0.2, 0) is 0 Å². The fourth-order valence-electron chi connectivity index (χ4n) is 3.89. The molecule has 0 saturated carbocycles. The third-order valence-corrected chi connectivity index (χ3v) is 5.67. The lowest BCUT2D eigenvalue weighted by Crippen LogP contribution is -2.52. The Balaban J connectivity index is 1.80. The maximum Gasteiger partial charge on any atom is 0.257 e. The molecule has 1 aliphatic heterocycles. The number of halogens is 1. The van der Waals surface area contributed by atoms with Gasteiger partial charge in [-0.25, -0.2) is 4.68 Å². The van der Waals surface area contributed by atoms with Crippen molar-refractivity contribution < 1.29 is 4.79 Å². The molecule has 3 rings (SSSR count). The topological polar surface area (TPSA) is 65.2 Å². The molecule has 7 heteroatoms. The summed E-state index contributed by atoms with van der Waals surface area (Å²) < 4.78 is 1.83. The molecule has 0 radical (unpaired) electrons. The van der Waals surface area contributed by atoms with Crippen molar-refractivity contribution in [1.29, 1.82) is 5.26 Å². The van der Waals surface area contributed by atoms with Gasteiger partial charge in [0.2, 0.25) is 0 Å². The molecule has 1 unspecified atom stereocenters. The van der Waals surface area contributed by atoms with E-state index in [1.54, 1.807) is 6.20 Å². The van der Waals surface area contributed by atoms with Crippen molar-refractivity contribution in [2.24, 2.45) is 5.92 Å². The van der Waals surface area contributed by atoms with E-state index in [1.807, 2.05) is 33.8 Å². The minimum absolute atomic E-state index is 0.00613. The minimum Gasteiger partial charge on any atom is -0.336 e. The summed E-state index contributed by atoms with van der Waals surface area (Å²) in [5, 5.41) is 14.6. The van der Waals surface area contributed by atoms with Crippen LogP contribution in [0.5, 0.6) is 0 Å². The van der Waals surface area contributed by atoms with E-state index in [0.29, 0.717) is 36.8 Å². The third-order valence-electron chi connectivity index (χ3n) is 5.41. The largest absolute Gasteiger partial charge is 0.336 e. The summed E-state index contributed by atoms with van der Waals surface area (Å²) in [5.41, 5.74) is 2.43. The van der Waals surface area contributed by atoms with Gasteiger partial charge in [-0.15, -0.1) is 0 Å². The molecule has 6 nitrogen and oxygen atoms in total. The second-order valence-electron chi connectivity index (χ2n) is 8.13. The van der Waals surface area contributed by atoms with Crippen LogP contribution in [0.3, 0.4) is 0 Å². The van der Waals surface area contributed by atoms with Gasteiger partial charge in [0.15, 0.2) is 0 Å². The van der Waals surface area contributed by atoms with Gasteiger partial charge in [0, 0.05) is 31.2 Å². The summed E-state index contributed by atoms with van der Waals surface area (Å²) in [6.45, 7) is 10.9. The van der Waals surface area contributed by atoms with Crippen LogP contribution in [-0.4, -0.2) is 57.7 Å². The van der Waals surface area contributed by atoms with Gasteiger partial charge >= 0.3 is 0 Å². The summed E-state index contributed by atoms with van der Waals surface area (Å²) in [6.07, 6.45) is 1.67. The molecule has 1 aromatic heterocycles. The van der Waals surface area contributed by atoms with Crippen LogP contribution in [0.1, 0.15) is 49.7 Å². The summed E-state index contributed by atoms with van der Waals surface area (Å²) in [6, 6.07) is 9.75. The number of piperazine rings is 1. The van der Waals surface area contributed by atoms with E-state index in [4.69, 9.17) is 11.6 Å². The Morgan fingerprint density at radius 1 is 1.10 bits per heavy atom. The van der Waals surface area contributed by atoms with Crippen molar-refractivity contribution in [2.75, 3.05) is 26.2 Å². The first kappa shape index (κ1) is 21.4. The summed E-state index contributed by atoms with van der Waals surface area (Å²) >= 11 is 6.01. The number of hydrogen-bond donors (Lipinski definition) is 0. The van der Waals surface area contributed by atoms with Crippen LogP contribution in [0, 0.1) is 17.2 Å². The Hall–Kier alpha value is -2.36. The van der Waals surface area contributed by atoms with Crippen molar-refractivity contribution in [3.05, 3.63) is 46.7 Å². The van der Waals surface area contributed by atoms with Gasteiger partial charge in [-0.05, 0) is 36.1 Å². The molecular weight excluding hydrogens is 386 g/mol. The number of carbonyl (C=O) groups excluding carboxylic acids is 1. The van der Waals surface area contributed by atoms with Crippen LogP contribution in [0.4, 0.5) is 0 Å². The highest BCUT2D eigenvalue weighted by Gasteiger charge is 2.30. The van der Waals surface area contributed by atoms with E-state index in [1.165, 1.54) is 0 Å². The van der Waals surface area contributed by atoms with Crippen molar-refractivity contribution in [1.82, 2.24) is 19.6 Å². The van der Waals surface area contributed by atoms with Crippen LogP contribution < -0.4 is 0 Å². The fraction of sp³-hybridized carbons (Fsp3) is 0.500. The molecule has 1 aliphatic rings. The van der Waals surface area contributed by atoms with E-state index < -0.39 is 0 Å². The second kappa shape index (κ2) is 8.98. The second-order valence-corrected chi connectivity index (χ2v) is 8.57. The Morgan fingerprint density at radius 2 is 1.72 bits per heavy atom. The smallest absolute Gasteiger partial charge is 0.257 e. The zero-order valence-electron chi connectivity index (χ0n) is 17.5. The lowest BCUT2D eigenvalue weighted by molar-refractivity contribution is 0.0575. The van der Waals surface area contributed by atoms with Gasteiger partial charge in [0.05, 0.1) is 29.2 Å². The summed E-state index contributed by atoms with van der Waals surface area (Å²) in [4.78, 5) is 17.3. The molecule has 0 aliphatic carbocycles. The number of nitrogens with zero attached hydrogens (tertiary/aromatic N) is 5. The number of hydrogen-bond acceptors (Lipinski definition) is 4. The molecule has 0 bridgehead atoms. The van der Waals surface area contributed by atoms with Gasteiger partial charge in [-0.1, -0.05) is 39.3 Å². The Kier molecular flexibility index (Phi) is 6.61. The maximum atomic E-state index is 13.3. The zero-order valence-corrected chi connectivity index (χ0v) is 18.2. The average Bonchev–Trinajstić information content (AvgIpc) is 3.14. The SMILES string of the molecule is CC(C)c1c(C(=O)N2CCN(C(C#N)C(C)C)CC2)cnn1-c1ccc(Cl)cc1. The first-order chi connectivity index (χ1) is 13.8. The van der Waals surface area contributed by atoms with Gasteiger partial charge < -0.3 is 4.90 Å². The highest BCUT2D eigenvalue weighted by molar-refractivity contribution is 6.30. The lowest BCUT2D eigenvalue weighted by atomic mass is 10.0. The minimum atomic E-state index is -0.105. The molecule has 0 spiro atoms. The molecule has 0 N–H and O–H groups in total. The molecule has 2 heterocycles. The highest BCUT2D eigenvalue weighted by Crippen LogP contribution is 2.25. The number of rotatable bonds is 5. The molecule has 1 saturated heterocycles. The summed E-state index contributed by atoms with van der Waals surface area (Å²) in [7, 11) is 0.